The van der Waals surface area contributed by atoms with Crippen molar-refractivity contribution >= 4 is 11.8 Å². The van der Waals surface area contributed by atoms with Crippen molar-refractivity contribution in [2.24, 2.45) is 11.7 Å². The van der Waals surface area contributed by atoms with Gasteiger partial charge in [0.15, 0.2) is 0 Å². The first-order valence-corrected chi connectivity index (χ1v) is 7.41. The Morgan fingerprint density at radius 2 is 1.63 bits per heavy atom. The highest BCUT2D eigenvalue weighted by Crippen LogP contribution is 2.25. The SMILES string of the molecule is C[C@@H](C(N)=O)N1CCN(C(=O)C2CCCCC2)CC1. The molecule has 1 aliphatic heterocycles. The predicted molar refractivity (Wildman–Crippen MR) is 73.4 cm³/mol. The Morgan fingerprint density at radius 1 is 1.05 bits per heavy atom. The lowest BCUT2D eigenvalue weighted by molar-refractivity contribution is -0.139. The number of nitrogens with two attached hydrogens (primary N) is 1. The summed E-state index contributed by atoms with van der Waals surface area (Å²) < 4.78 is 0. The summed E-state index contributed by atoms with van der Waals surface area (Å²) in [5.41, 5.74) is 5.32. The van der Waals surface area contributed by atoms with Crippen LogP contribution in [0.3, 0.4) is 0 Å². The zero-order valence-electron chi connectivity index (χ0n) is 11.8. The molecule has 2 rings (SSSR count). The monoisotopic (exact) mass is 267 g/mol. The standard InChI is InChI=1S/C14H25N3O2/c1-11(13(15)18)16-7-9-17(10-8-16)14(19)12-5-3-2-4-6-12/h11-12H,2-10H2,1H3,(H2,15,18)/t11-/m0/s1. The van der Waals surface area contributed by atoms with Crippen LogP contribution in [-0.4, -0.2) is 53.8 Å². The molecule has 0 spiro atoms. The van der Waals surface area contributed by atoms with Gasteiger partial charge in [-0.05, 0) is 19.8 Å². The van der Waals surface area contributed by atoms with E-state index in [4.69, 9.17) is 5.73 Å². The average Bonchev–Trinajstić information content (AvgIpc) is 2.46. The summed E-state index contributed by atoms with van der Waals surface area (Å²) in [6, 6.07) is -0.230. The third kappa shape index (κ3) is 3.47. The van der Waals surface area contributed by atoms with Gasteiger partial charge in [-0.2, -0.15) is 0 Å². The molecule has 1 saturated heterocycles. The third-order valence-electron chi connectivity index (χ3n) is 4.54. The van der Waals surface area contributed by atoms with Gasteiger partial charge in [0, 0.05) is 32.1 Å². The van der Waals surface area contributed by atoms with Crippen molar-refractivity contribution in [2.45, 2.75) is 45.1 Å². The molecule has 2 amide bonds. The summed E-state index contributed by atoms with van der Waals surface area (Å²) >= 11 is 0. The van der Waals surface area contributed by atoms with Crippen molar-refractivity contribution < 1.29 is 9.59 Å². The largest absolute Gasteiger partial charge is 0.368 e. The van der Waals surface area contributed by atoms with E-state index in [-0.39, 0.29) is 17.9 Å². The van der Waals surface area contributed by atoms with E-state index >= 15 is 0 Å². The molecule has 19 heavy (non-hydrogen) atoms. The van der Waals surface area contributed by atoms with E-state index in [0.717, 1.165) is 39.0 Å². The lowest BCUT2D eigenvalue weighted by atomic mass is 9.88. The smallest absolute Gasteiger partial charge is 0.234 e. The minimum atomic E-state index is -0.285. The quantitative estimate of drug-likeness (QED) is 0.813. The van der Waals surface area contributed by atoms with Crippen LogP contribution in [-0.2, 0) is 9.59 Å². The summed E-state index contributed by atoms with van der Waals surface area (Å²) in [7, 11) is 0. The number of hydrogen-bond donors (Lipinski definition) is 1. The average molecular weight is 267 g/mol. The lowest BCUT2D eigenvalue weighted by Gasteiger charge is -2.38. The van der Waals surface area contributed by atoms with E-state index in [2.05, 4.69) is 4.90 Å². The molecule has 0 aromatic heterocycles. The van der Waals surface area contributed by atoms with Crippen LogP contribution in [0.1, 0.15) is 39.0 Å². The molecule has 0 aromatic carbocycles. The molecule has 2 aliphatic rings. The summed E-state index contributed by atoms with van der Waals surface area (Å²) in [5.74, 6) is 0.284. The molecule has 1 aliphatic carbocycles. The van der Waals surface area contributed by atoms with Gasteiger partial charge in [-0.15, -0.1) is 0 Å². The molecule has 0 unspecified atom stereocenters. The van der Waals surface area contributed by atoms with Crippen LogP contribution in [0.2, 0.25) is 0 Å². The molecule has 0 bridgehead atoms. The van der Waals surface area contributed by atoms with Crippen molar-refractivity contribution in [2.75, 3.05) is 26.2 Å². The molecule has 1 saturated carbocycles. The number of rotatable bonds is 3. The Balaban J connectivity index is 1.82. The number of piperazine rings is 1. The Morgan fingerprint density at radius 3 is 2.16 bits per heavy atom. The van der Waals surface area contributed by atoms with Crippen molar-refractivity contribution in [3.8, 4) is 0 Å². The molecule has 0 aromatic rings. The minimum Gasteiger partial charge on any atom is -0.368 e. The van der Waals surface area contributed by atoms with E-state index in [9.17, 15) is 9.59 Å². The third-order valence-corrected chi connectivity index (χ3v) is 4.54. The second-order valence-electron chi connectivity index (χ2n) is 5.77. The summed E-state index contributed by atoms with van der Waals surface area (Å²) in [4.78, 5) is 27.6. The minimum absolute atomic E-state index is 0.230. The first kappa shape index (κ1) is 14.3. The number of carbonyl (C=O) groups excluding carboxylic acids is 2. The predicted octanol–water partition coefficient (Wildman–Crippen LogP) is 0.585. The number of amides is 2. The molecule has 1 atom stereocenters. The van der Waals surface area contributed by atoms with Gasteiger partial charge in [-0.3, -0.25) is 14.5 Å². The number of primary amides is 1. The molecule has 108 valence electrons. The van der Waals surface area contributed by atoms with E-state index in [1.54, 1.807) is 0 Å². The highest BCUT2D eigenvalue weighted by atomic mass is 16.2. The van der Waals surface area contributed by atoms with Crippen LogP contribution in [0.25, 0.3) is 0 Å². The van der Waals surface area contributed by atoms with Crippen LogP contribution in [0.5, 0.6) is 0 Å². The van der Waals surface area contributed by atoms with Gasteiger partial charge in [0.05, 0.1) is 6.04 Å². The molecule has 5 heteroatoms. The maximum atomic E-state index is 12.4. The molecule has 0 radical (unpaired) electrons. The second-order valence-corrected chi connectivity index (χ2v) is 5.77. The normalized spacial score (nSPS) is 24.2. The Labute approximate surface area is 115 Å². The highest BCUT2D eigenvalue weighted by Gasteiger charge is 2.30. The van der Waals surface area contributed by atoms with Gasteiger partial charge in [-0.1, -0.05) is 19.3 Å². The van der Waals surface area contributed by atoms with Gasteiger partial charge < -0.3 is 10.6 Å². The highest BCUT2D eigenvalue weighted by molar-refractivity contribution is 5.80. The zero-order valence-corrected chi connectivity index (χ0v) is 11.8. The summed E-state index contributed by atoms with van der Waals surface area (Å²) in [6.07, 6.45) is 5.76. The Hall–Kier alpha value is -1.10. The van der Waals surface area contributed by atoms with E-state index in [0.29, 0.717) is 5.91 Å². The fourth-order valence-electron chi connectivity index (χ4n) is 3.12. The maximum Gasteiger partial charge on any atom is 0.234 e. The number of carbonyl (C=O) groups is 2. The molecular weight excluding hydrogens is 242 g/mol. The van der Waals surface area contributed by atoms with Crippen molar-refractivity contribution in [1.29, 1.82) is 0 Å². The number of hydrogen-bond acceptors (Lipinski definition) is 3. The van der Waals surface area contributed by atoms with Crippen molar-refractivity contribution in [1.82, 2.24) is 9.80 Å². The lowest BCUT2D eigenvalue weighted by Crippen LogP contribution is -2.55. The molecule has 2 fully saturated rings. The van der Waals surface area contributed by atoms with Crippen LogP contribution < -0.4 is 5.73 Å². The molecule has 2 N–H and O–H groups in total. The van der Waals surface area contributed by atoms with Crippen molar-refractivity contribution in [3.05, 3.63) is 0 Å². The van der Waals surface area contributed by atoms with Gasteiger partial charge in [0.2, 0.25) is 11.8 Å². The Bertz CT molecular complexity index is 332. The zero-order chi connectivity index (χ0) is 13.8. The van der Waals surface area contributed by atoms with E-state index < -0.39 is 0 Å². The van der Waals surface area contributed by atoms with Crippen LogP contribution in [0.15, 0.2) is 0 Å². The summed E-state index contributed by atoms with van der Waals surface area (Å²) in [6.45, 7) is 4.80. The fraction of sp³-hybridized carbons (Fsp3) is 0.857. The van der Waals surface area contributed by atoms with E-state index in [1.165, 1.54) is 19.3 Å². The van der Waals surface area contributed by atoms with Gasteiger partial charge in [0.1, 0.15) is 0 Å². The van der Waals surface area contributed by atoms with Crippen LogP contribution in [0.4, 0.5) is 0 Å². The maximum absolute atomic E-state index is 12.4. The Kier molecular flexibility index (Phi) is 4.80. The number of nitrogens with zero attached hydrogens (tertiary/aromatic N) is 2. The van der Waals surface area contributed by atoms with Gasteiger partial charge in [0.25, 0.3) is 0 Å². The first-order valence-electron chi connectivity index (χ1n) is 7.41. The molecular formula is C14H25N3O2. The molecule has 1 heterocycles. The van der Waals surface area contributed by atoms with Crippen molar-refractivity contribution in [3.63, 3.8) is 0 Å². The van der Waals surface area contributed by atoms with Crippen LogP contribution >= 0.6 is 0 Å². The van der Waals surface area contributed by atoms with Crippen LogP contribution in [0, 0.1) is 5.92 Å². The van der Waals surface area contributed by atoms with Gasteiger partial charge in [-0.25, -0.2) is 0 Å². The molecule has 5 nitrogen and oxygen atoms in total. The topological polar surface area (TPSA) is 66.6 Å². The van der Waals surface area contributed by atoms with E-state index in [1.807, 2.05) is 11.8 Å². The second kappa shape index (κ2) is 6.37. The first-order chi connectivity index (χ1) is 9.09. The summed E-state index contributed by atoms with van der Waals surface area (Å²) in [5, 5.41) is 0. The van der Waals surface area contributed by atoms with Gasteiger partial charge >= 0.3 is 0 Å². The fourth-order valence-corrected chi connectivity index (χ4v) is 3.12.